The van der Waals surface area contributed by atoms with Crippen molar-refractivity contribution in [3.63, 3.8) is 0 Å². The zero-order valence-corrected chi connectivity index (χ0v) is 8.95. The van der Waals surface area contributed by atoms with Crippen molar-refractivity contribution in [3.8, 4) is 0 Å². The molecule has 0 atom stereocenters. The fourth-order valence-electron chi connectivity index (χ4n) is 1.50. The van der Waals surface area contributed by atoms with E-state index in [1.165, 1.54) is 6.20 Å². The van der Waals surface area contributed by atoms with E-state index < -0.39 is 0 Å². The Balaban J connectivity index is 3.30. The Hall–Kier alpha value is -1.16. The molecule has 4 nitrogen and oxygen atoms in total. The standard InChI is InChI=1S/C10H17N3O/c1-10(2,3)13-8(4-6-11)5-7-12-9(13)14/h5,7H,4,6,11H2,1-3H3. The molecule has 1 aromatic rings. The second kappa shape index (κ2) is 3.92. The van der Waals surface area contributed by atoms with Gasteiger partial charge in [0.25, 0.3) is 0 Å². The smallest absolute Gasteiger partial charge is 0.330 e. The Morgan fingerprint density at radius 2 is 2.14 bits per heavy atom. The van der Waals surface area contributed by atoms with Crippen molar-refractivity contribution in [2.45, 2.75) is 32.7 Å². The van der Waals surface area contributed by atoms with Crippen LogP contribution in [0.1, 0.15) is 26.5 Å². The maximum absolute atomic E-state index is 11.6. The maximum Gasteiger partial charge on any atom is 0.348 e. The molecule has 1 aromatic heterocycles. The Morgan fingerprint density at radius 1 is 1.50 bits per heavy atom. The average Bonchev–Trinajstić information content (AvgIpc) is 2.02. The van der Waals surface area contributed by atoms with Crippen LogP contribution in [0, 0.1) is 0 Å². The first-order chi connectivity index (χ1) is 6.46. The molecule has 0 saturated heterocycles. The predicted molar refractivity (Wildman–Crippen MR) is 56.3 cm³/mol. The lowest BCUT2D eigenvalue weighted by Gasteiger charge is -2.25. The van der Waals surface area contributed by atoms with Gasteiger partial charge in [-0.15, -0.1) is 0 Å². The molecule has 0 amide bonds. The zero-order chi connectivity index (χ0) is 10.8. The predicted octanol–water partition coefficient (Wildman–Crippen LogP) is 0.500. The summed E-state index contributed by atoms with van der Waals surface area (Å²) in [4.78, 5) is 15.3. The van der Waals surface area contributed by atoms with Gasteiger partial charge in [-0.2, -0.15) is 0 Å². The molecule has 4 heteroatoms. The number of hydrogen-bond donors (Lipinski definition) is 1. The van der Waals surface area contributed by atoms with Gasteiger partial charge in [0.15, 0.2) is 0 Å². The molecule has 78 valence electrons. The molecule has 0 aliphatic rings. The van der Waals surface area contributed by atoms with E-state index in [-0.39, 0.29) is 11.2 Å². The Labute approximate surface area is 83.8 Å². The van der Waals surface area contributed by atoms with Gasteiger partial charge < -0.3 is 5.73 Å². The van der Waals surface area contributed by atoms with Crippen molar-refractivity contribution in [1.29, 1.82) is 0 Å². The molecule has 14 heavy (non-hydrogen) atoms. The van der Waals surface area contributed by atoms with Crippen LogP contribution in [0.2, 0.25) is 0 Å². The number of aromatic nitrogens is 2. The fraction of sp³-hybridized carbons (Fsp3) is 0.600. The summed E-state index contributed by atoms with van der Waals surface area (Å²) < 4.78 is 1.69. The van der Waals surface area contributed by atoms with Gasteiger partial charge in [-0.05, 0) is 33.4 Å². The molecule has 0 spiro atoms. The van der Waals surface area contributed by atoms with Gasteiger partial charge in [0.1, 0.15) is 0 Å². The van der Waals surface area contributed by atoms with E-state index in [0.717, 1.165) is 5.69 Å². The highest BCUT2D eigenvalue weighted by Gasteiger charge is 2.17. The second-order valence-electron chi connectivity index (χ2n) is 4.26. The highest BCUT2D eigenvalue weighted by molar-refractivity contribution is 5.04. The molecule has 0 radical (unpaired) electrons. The van der Waals surface area contributed by atoms with E-state index in [2.05, 4.69) is 4.98 Å². The number of hydrogen-bond acceptors (Lipinski definition) is 3. The molecule has 1 heterocycles. The normalized spacial score (nSPS) is 11.7. The Bertz CT molecular complexity index is 362. The topological polar surface area (TPSA) is 60.9 Å². The highest BCUT2D eigenvalue weighted by Crippen LogP contribution is 2.13. The first kappa shape index (κ1) is 10.9. The van der Waals surface area contributed by atoms with Gasteiger partial charge in [0, 0.05) is 23.9 Å². The highest BCUT2D eigenvalue weighted by atomic mass is 16.1. The minimum Gasteiger partial charge on any atom is -0.330 e. The monoisotopic (exact) mass is 195 g/mol. The Morgan fingerprint density at radius 3 is 2.64 bits per heavy atom. The lowest BCUT2D eigenvalue weighted by molar-refractivity contribution is 0.364. The van der Waals surface area contributed by atoms with Gasteiger partial charge in [0.2, 0.25) is 0 Å². The summed E-state index contributed by atoms with van der Waals surface area (Å²) in [6, 6.07) is 1.85. The zero-order valence-electron chi connectivity index (χ0n) is 8.95. The molecular formula is C10H17N3O. The van der Waals surface area contributed by atoms with Crippen LogP contribution >= 0.6 is 0 Å². The van der Waals surface area contributed by atoms with Crippen molar-refractivity contribution in [3.05, 3.63) is 28.4 Å². The van der Waals surface area contributed by atoms with Crippen molar-refractivity contribution < 1.29 is 0 Å². The van der Waals surface area contributed by atoms with Gasteiger partial charge in [-0.25, -0.2) is 9.78 Å². The minimum absolute atomic E-state index is 0.205. The van der Waals surface area contributed by atoms with Crippen molar-refractivity contribution in [1.82, 2.24) is 9.55 Å². The van der Waals surface area contributed by atoms with Gasteiger partial charge in [-0.3, -0.25) is 4.57 Å². The van der Waals surface area contributed by atoms with E-state index in [4.69, 9.17) is 5.73 Å². The summed E-state index contributed by atoms with van der Waals surface area (Å²) in [5.41, 5.74) is 5.99. The molecule has 0 saturated carbocycles. The van der Waals surface area contributed by atoms with Crippen molar-refractivity contribution >= 4 is 0 Å². The molecule has 1 rings (SSSR count). The summed E-state index contributed by atoms with van der Waals surface area (Å²) in [6.07, 6.45) is 2.24. The molecule has 0 bridgehead atoms. The Kier molecular flexibility index (Phi) is 3.06. The van der Waals surface area contributed by atoms with Gasteiger partial charge in [-0.1, -0.05) is 0 Å². The van der Waals surface area contributed by atoms with E-state index in [0.29, 0.717) is 13.0 Å². The third-order valence-electron chi connectivity index (χ3n) is 2.00. The molecule has 0 aromatic carbocycles. The van der Waals surface area contributed by atoms with Crippen molar-refractivity contribution in [2.24, 2.45) is 5.73 Å². The first-order valence-corrected chi connectivity index (χ1v) is 4.74. The van der Waals surface area contributed by atoms with Crippen LogP contribution in [-0.2, 0) is 12.0 Å². The summed E-state index contributed by atoms with van der Waals surface area (Å²) in [5.74, 6) is 0. The van der Waals surface area contributed by atoms with Crippen molar-refractivity contribution in [2.75, 3.05) is 6.54 Å². The number of rotatable bonds is 2. The van der Waals surface area contributed by atoms with Gasteiger partial charge >= 0.3 is 5.69 Å². The SMILES string of the molecule is CC(C)(C)n1c(CCN)ccnc1=O. The van der Waals surface area contributed by atoms with E-state index >= 15 is 0 Å². The van der Waals surface area contributed by atoms with E-state index in [1.807, 2.05) is 26.8 Å². The van der Waals surface area contributed by atoms with E-state index in [1.54, 1.807) is 4.57 Å². The van der Waals surface area contributed by atoms with E-state index in [9.17, 15) is 4.79 Å². The van der Waals surface area contributed by atoms with Crippen LogP contribution < -0.4 is 11.4 Å². The third-order valence-corrected chi connectivity index (χ3v) is 2.00. The molecular weight excluding hydrogens is 178 g/mol. The minimum atomic E-state index is -0.240. The number of nitrogens with two attached hydrogens (primary N) is 1. The first-order valence-electron chi connectivity index (χ1n) is 4.74. The lowest BCUT2D eigenvalue weighted by atomic mass is 10.1. The molecule has 0 aliphatic carbocycles. The van der Waals surface area contributed by atoms with Gasteiger partial charge in [0.05, 0.1) is 0 Å². The van der Waals surface area contributed by atoms with Crippen LogP contribution in [0.15, 0.2) is 17.1 Å². The van der Waals surface area contributed by atoms with Crippen LogP contribution in [-0.4, -0.2) is 16.1 Å². The van der Waals surface area contributed by atoms with Crippen LogP contribution in [0.4, 0.5) is 0 Å². The van der Waals surface area contributed by atoms with Crippen LogP contribution in [0.3, 0.4) is 0 Å². The molecule has 0 unspecified atom stereocenters. The fourth-order valence-corrected chi connectivity index (χ4v) is 1.50. The average molecular weight is 195 g/mol. The molecule has 2 N–H and O–H groups in total. The molecule has 0 fully saturated rings. The summed E-state index contributed by atoms with van der Waals surface area (Å²) in [6.45, 7) is 6.49. The number of nitrogens with zero attached hydrogens (tertiary/aromatic N) is 2. The van der Waals surface area contributed by atoms with Crippen LogP contribution in [0.25, 0.3) is 0 Å². The summed E-state index contributed by atoms with van der Waals surface area (Å²) in [5, 5.41) is 0. The third kappa shape index (κ3) is 2.20. The lowest BCUT2D eigenvalue weighted by Crippen LogP contribution is -2.37. The largest absolute Gasteiger partial charge is 0.348 e. The summed E-state index contributed by atoms with van der Waals surface area (Å²) in [7, 11) is 0. The quantitative estimate of drug-likeness (QED) is 0.747. The summed E-state index contributed by atoms with van der Waals surface area (Å²) >= 11 is 0. The second-order valence-corrected chi connectivity index (χ2v) is 4.26. The maximum atomic E-state index is 11.6. The van der Waals surface area contributed by atoms with Crippen LogP contribution in [0.5, 0.6) is 0 Å². The molecule has 0 aliphatic heterocycles.